The zero-order valence-electron chi connectivity index (χ0n) is 14.1. The van der Waals surface area contributed by atoms with Crippen molar-refractivity contribution in [1.29, 1.82) is 0 Å². The Morgan fingerprint density at radius 1 is 1.24 bits per heavy atom. The van der Waals surface area contributed by atoms with E-state index in [1.165, 1.54) is 5.56 Å². The van der Waals surface area contributed by atoms with Crippen LogP contribution < -0.4 is 9.64 Å². The van der Waals surface area contributed by atoms with Gasteiger partial charge >= 0.3 is 0 Å². The molecule has 0 radical (unpaired) electrons. The molecule has 0 N–H and O–H groups in total. The van der Waals surface area contributed by atoms with Crippen LogP contribution in [0, 0.1) is 0 Å². The summed E-state index contributed by atoms with van der Waals surface area (Å²) in [5.41, 5.74) is 3.04. The number of nitrogens with zero attached hydrogens (tertiary/aromatic N) is 4. The number of halogens is 1. The van der Waals surface area contributed by atoms with Gasteiger partial charge in [0.25, 0.3) is 0 Å². The molecule has 4 rings (SSSR count). The summed E-state index contributed by atoms with van der Waals surface area (Å²) in [6.45, 7) is 3.73. The Kier molecular flexibility index (Phi) is 4.40. The topological polar surface area (TPSA) is 51.1 Å². The van der Waals surface area contributed by atoms with Crippen molar-refractivity contribution in [3.8, 4) is 5.75 Å². The average Bonchev–Trinajstić information content (AvgIpc) is 2.65. The molecule has 0 saturated heterocycles. The van der Waals surface area contributed by atoms with Crippen molar-refractivity contribution < 1.29 is 4.74 Å². The average molecular weight is 355 g/mol. The van der Waals surface area contributed by atoms with Crippen LogP contribution in [-0.4, -0.2) is 28.1 Å². The van der Waals surface area contributed by atoms with Crippen molar-refractivity contribution >= 4 is 34.1 Å². The van der Waals surface area contributed by atoms with E-state index in [2.05, 4.69) is 38.9 Å². The first-order valence-corrected chi connectivity index (χ1v) is 8.95. The van der Waals surface area contributed by atoms with E-state index in [0.717, 1.165) is 55.1 Å². The lowest BCUT2D eigenvalue weighted by Gasteiger charge is -2.31. The van der Waals surface area contributed by atoms with Crippen LogP contribution in [0.15, 0.2) is 36.5 Å². The first kappa shape index (κ1) is 16.1. The van der Waals surface area contributed by atoms with Crippen molar-refractivity contribution in [2.75, 3.05) is 18.1 Å². The van der Waals surface area contributed by atoms with Gasteiger partial charge in [-0.15, -0.1) is 0 Å². The first-order chi connectivity index (χ1) is 12.3. The van der Waals surface area contributed by atoms with Gasteiger partial charge < -0.3 is 9.64 Å². The van der Waals surface area contributed by atoms with Crippen LogP contribution in [0.4, 0.5) is 11.5 Å². The number of hydrogen-bond acceptors (Lipinski definition) is 5. The predicted octanol–water partition coefficient (Wildman–Crippen LogP) is 4.55. The SMILES string of the molecule is CCCOc1ccc2c(c1)CCCN2c1nc(Cl)nc2ncccc12. The summed E-state index contributed by atoms with van der Waals surface area (Å²) in [5.74, 6) is 1.74. The zero-order valence-corrected chi connectivity index (χ0v) is 14.8. The lowest BCUT2D eigenvalue weighted by molar-refractivity contribution is 0.317. The highest BCUT2D eigenvalue weighted by molar-refractivity contribution is 6.28. The van der Waals surface area contributed by atoms with E-state index < -0.39 is 0 Å². The molecule has 1 aromatic carbocycles. The van der Waals surface area contributed by atoms with Crippen molar-refractivity contribution in [2.45, 2.75) is 26.2 Å². The van der Waals surface area contributed by atoms with E-state index in [1.807, 2.05) is 18.2 Å². The normalized spacial score (nSPS) is 13.8. The van der Waals surface area contributed by atoms with Crippen LogP contribution in [0.25, 0.3) is 11.0 Å². The number of benzene rings is 1. The Hall–Kier alpha value is -2.40. The summed E-state index contributed by atoms with van der Waals surface area (Å²) in [6.07, 6.45) is 4.80. The Morgan fingerprint density at radius 2 is 2.16 bits per heavy atom. The lowest BCUT2D eigenvalue weighted by atomic mass is 10.0. The first-order valence-electron chi connectivity index (χ1n) is 8.58. The fourth-order valence-electron chi connectivity index (χ4n) is 3.23. The van der Waals surface area contributed by atoms with E-state index in [-0.39, 0.29) is 5.28 Å². The second-order valence-electron chi connectivity index (χ2n) is 6.08. The molecule has 0 aliphatic carbocycles. The standard InChI is InChI=1S/C19H19ClN4O/c1-2-11-25-14-7-8-16-13(12-14)5-4-10-24(16)18-15-6-3-9-21-17(15)22-19(20)23-18/h3,6-9,12H,2,4-5,10-11H2,1H3. The van der Waals surface area contributed by atoms with Gasteiger partial charge in [0.1, 0.15) is 11.6 Å². The third-order valence-corrected chi connectivity index (χ3v) is 4.49. The number of pyridine rings is 1. The van der Waals surface area contributed by atoms with Gasteiger partial charge in [0.2, 0.25) is 5.28 Å². The number of anilines is 2. The van der Waals surface area contributed by atoms with E-state index >= 15 is 0 Å². The third-order valence-electron chi connectivity index (χ3n) is 4.32. The van der Waals surface area contributed by atoms with Gasteiger partial charge in [0.05, 0.1) is 12.0 Å². The Balaban J connectivity index is 1.79. The van der Waals surface area contributed by atoms with Gasteiger partial charge in [0, 0.05) is 18.4 Å². The van der Waals surface area contributed by atoms with E-state index in [9.17, 15) is 0 Å². The van der Waals surface area contributed by atoms with Crippen LogP contribution in [0.5, 0.6) is 5.75 Å². The number of fused-ring (bicyclic) bond motifs is 2. The number of aryl methyl sites for hydroxylation is 1. The summed E-state index contributed by atoms with van der Waals surface area (Å²) >= 11 is 6.14. The van der Waals surface area contributed by atoms with Gasteiger partial charge in [-0.1, -0.05) is 6.92 Å². The van der Waals surface area contributed by atoms with Gasteiger partial charge in [-0.05, 0) is 66.8 Å². The van der Waals surface area contributed by atoms with Crippen LogP contribution in [0.1, 0.15) is 25.3 Å². The molecule has 0 spiro atoms. The zero-order chi connectivity index (χ0) is 17.2. The van der Waals surface area contributed by atoms with Crippen LogP contribution in [-0.2, 0) is 6.42 Å². The lowest BCUT2D eigenvalue weighted by Crippen LogP contribution is -2.25. The maximum atomic E-state index is 6.14. The molecule has 25 heavy (non-hydrogen) atoms. The molecule has 0 saturated carbocycles. The molecule has 1 aliphatic heterocycles. The third kappa shape index (κ3) is 3.12. The quantitative estimate of drug-likeness (QED) is 0.643. The van der Waals surface area contributed by atoms with Crippen LogP contribution in [0.2, 0.25) is 5.28 Å². The Labute approximate surface area is 151 Å². The molecule has 3 heterocycles. The van der Waals surface area contributed by atoms with Crippen molar-refractivity contribution in [3.05, 3.63) is 47.4 Å². The smallest absolute Gasteiger partial charge is 0.226 e. The molecule has 6 heteroatoms. The van der Waals surface area contributed by atoms with Crippen molar-refractivity contribution in [1.82, 2.24) is 15.0 Å². The summed E-state index contributed by atoms with van der Waals surface area (Å²) in [6, 6.07) is 10.2. The minimum absolute atomic E-state index is 0.219. The highest BCUT2D eigenvalue weighted by atomic mass is 35.5. The molecule has 0 bridgehead atoms. The largest absolute Gasteiger partial charge is 0.494 e. The molecule has 0 amide bonds. The van der Waals surface area contributed by atoms with Crippen LogP contribution >= 0.6 is 11.6 Å². The molecule has 0 fully saturated rings. The monoisotopic (exact) mass is 354 g/mol. The predicted molar refractivity (Wildman–Crippen MR) is 99.9 cm³/mol. The maximum Gasteiger partial charge on any atom is 0.226 e. The summed E-state index contributed by atoms with van der Waals surface area (Å²) < 4.78 is 5.78. The molecule has 1 aliphatic rings. The van der Waals surface area contributed by atoms with E-state index in [0.29, 0.717) is 5.65 Å². The Morgan fingerprint density at radius 3 is 3.04 bits per heavy atom. The van der Waals surface area contributed by atoms with Crippen molar-refractivity contribution in [3.63, 3.8) is 0 Å². The molecule has 128 valence electrons. The fraction of sp³-hybridized carbons (Fsp3) is 0.316. The summed E-state index contributed by atoms with van der Waals surface area (Å²) in [5, 5.41) is 1.13. The Bertz CT molecular complexity index is 915. The highest BCUT2D eigenvalue weighted by Gasteiger charge is 2.22. The minimum atomic E-state index is 0.219. The maximum absolute atomic E-state index is 6.14. The summed E-state index contributed by atoms with van der Waals surface area (Å²) in [7, 11) is 0. The highest BCUT2D eigenvalue weighted by Crippen LogP contribution is 2.37. The second-order valence-corrected chi connectivity index (χ2v) is 6.42. The molecule has 5 nitrogen and oxygen atoms in total. The van der Waals surface area contributed by atoms with Gasteiger partial charge in [-0.2, -0.15) is 9.97 Å². The fourth-order valence-corrected chi connectivity index (χ4v) is 3.39. The number of hydrogen-bond donors (Lipinski definition) is 0. The molecule has 0 atom stereocenters. The molecule has 2 aromatic heterocycles. The molecule has 0 unspecified atom stereocenters. The second kappa shape index (κ2) is 6.84. The molecule has 3 aromatic rings. The number of rotatable bonds is 4. The van der Waals surface area contributed by atoms with E-state index in [4.69, 9.17) is 16.3 Å². The molecular formula is C19H19ClN4O. The van der Waals surface area contributed by atoms with Crippen LogP contribution in [0.3, 0.4) is 0 Å². The van der Waals surface area contributed by atoms with Gasteiger partial charge in [0.15, 0.2) is 5.65 Å². The van der Waals surface area contributed by atoms with Gasteiger partial charge in [-0.3, -0.25) is 0 Å². The summed E-state index contributed by atoms with van der Waals surface area (Å²) in [4.78, 5) is 15.3. The minimum Gasteiger partial charge on any atom is -0.494 e. The van der Waals surface area contributed by atoms with E-state index in [1.54, 1.807) is 6.20 Å². The number of aromatic nitrogens is 3. The molecular weight excluding hydrogens is 336 g/mol. The van der Waals surface area contributed by atoms with Crippen molar-refractivity contribution in [2.24, 2.45) is 0 Å². The number of ether oxygens (including phenoxy) is 1. The van der Waals surface area contributed by atoms with Gasteiger partial charge in [-0.25, -0.2) is 4.98 Å².